The van der Waals surface area contributed by atoms with Gasteiger partial charge in [-0.3, -0.25) is 4.79 Å². The predicted molar refractivity (Wildman–Crippen MR) is 80.3 cm³/mol. The number of aromatic nitrogens is 2. The molecule has 0 aromatic carbocycles. The van der Waals surface area contributed by atoms with E-state index in [2.05, 4.69) is 15.3 Å². The minimum Gasteiger partial charge on any atom is -0.387 e. The normalized spacial score (nSPS) is 14.2. The number of carbonyl (C=O) groups excluding carboxylic acids is 1. The predicted octanol–water partition coefficient (Wildman–Crippen LogP) is 0.894. The zero-order valence-electron chi connectivity index (χ0n) is 12.0. The Labute approximate surface area is 127 Å². The first kappa shape index (κ1) is 17.2. The van der Waals surface area contributed by atoms with E-state index in [9.17, 15) is 9.90 Å². The fraction of sp³-hybridized carbons (Fsp3) is 0.583. The van der Waals surface area contributed by atoms with Crippen molar-refractivity contribution in [3.8, 4) is 0 Å². The highest BCUT2D eigenvalue weighted by atomic mass is 35.5. The van der Waals surface area contributed by atoms with Gasteiger partial charge in [-0.05, 0) is 27.3 Å². The van der Waals surface area contributed by atoms with Crippen molar-refractivity contribution < 1.29 is 9.90 Å². The van der Waals surface area contributed by atoms with Crippen LogP contribution in [-0.2, 0) is 0 Å². The van der Waals surface area contributed by atoms with Crippen LogP contribution in [0.15, 0.2) is 11.4 Å². The topological polar surface area (TPSA) is 78.3 Å². The van der Waals surface area contributed by atoms with Gasteiger partial charge in [0.05, 0.1) is 16.8 Å². The van der Waals surface area contributed by atoms with Crippen molar-refractivity contribution in [1.29, 1.82) is 0 Å². The van der Waals surface area contributed by atoms with Crippen LogP contribution in [-0.4, -0.2) is 64.9 Å². The second-order valence-corrected chi connectivity index (χ2v) is 6.15. The van der Waals surface area contributed by atoms with Crippen LogP contribution in [0.5, 0.6) is 0 Å². The van der Waals surface area contributed by atoms with Crippen LogP contribution in [0.25, 0.3) is 0 Å². The van der Waals surface area contributed by atoms with Crippen molar-refractivity contribution in [2.45, 2.75) is 17.7 Å². The number of thioether (sulfide) groups is 1. The lowest BCUT2D eigenvalue weighted by Gasteiger charge is -2.27. The minimum absolute atomic E-state index is 0.110. The molecule has 1 aromatic rings. The first-order valence-corrected chi connectivity index (χ1v) is 7.57. The number of halogens is 1. The summed E-state index contributed by atoms with van der Waals surface area (Å²) in [5, 5.41) is 13.4. The lowest BCUT2D eigenvalue weighted by Crippen LogP contribution is -2.47. The molecule has 112 valence electrons. The summed E-state index contributed by atoms with van der Waals surface area (Å²) in [6.45, 7) is 2.20. The van der Waals surface area contributed by atoms with Crippen LogP contribution < -0.4 is 5.32 Å². The number of likely N-dealkylation sites (N-methyl/N-ethyl adjacent to an activating group) is 1. The summed E-state index contributed by atoms with van der Waals surface area (Å²) in [6.07, 6.45) is 3.21. The van der Waals surface area contributed by atoms with Crippen molar-refractivity contribution >= 4 is 29.3 Å². The number of rotatable bonds is 6. The summed E-state index contributed by atoms with van der Waals surface area (Å²) in [7, 11) is 3.70. The third-order valence-electron chi connectivity index (χ3n) is 2.41. The van der Waals surface area contributed by atoms with E-state index in [4.69, 9.17) is 11.6 Å². The van der Waals surface area contributed by atoms with E-state index >= 15 is 0 Å². The smallest absolute Gasteiger partial charge is 0.271 e. The number of hydrogen-bond acceptors (Lipinski definition) is 6. The van der Waals surface area contributed by atoms with Gasteiger partial charge < -0.3 is 15.3 Å². The summed E-state index contributed by atoms with van der Waals surface area (Å²) in [6, 6.07) is 0. The quantitative estimate of drug-likeness (QED) is 0.599. The largest absolute Gasteiger partial charge is 0.387 e. The second kappa shape index (κ2) is 7.21. The zero-order valence-corrected chi connectivity index (χ0v) is 13.5. The standard InChI is InChI=1S/C12H19ClN4O2S/c1-12(19,7-17(2)3)6-15-10(18)9-8(13)5-14-11(16-9)20-4/h5,19H,6-7H2,1-4H3,(H,15,18). The molecule has 0 saturated carbocycles. The monoisotopic (exact) mass is 318 g/mol. The SMILES string of the molecule is CSc1ncc(Cl)c(C(=O)NCC(C)(O)CN(C)C)n1. The first-order valence-electron chi connectivity index (χ1n) is 5.97. The zero-order chi connectivity index (χ0) is 15.3. The van der Waals surface area contributed by atoms with Gasteiger partial charge in [0.15, 0.2) is 10.9 Å². The van der Waals surface area contributed by atoms with E-state index < -0.39 is 11.5 Å². The summed E-state index contributed by atoms with van der Waals surface area (Å²) in [4.78, 5) is 21.9. The fourth-order valence-corrected chi connectivity index (χ4v) is 2.22. The van der Waals surface area contributed by atoms with Gasteiger partial charge in [-0.25, -0.2) is 9.97 Å². The molecule has 1 amide bonds. The van der Waals surface area contributed by atoms with Crippen LogP contribution in [0.1, 0.15) is 17.4 Å². The average Bonchev–Trinajstić information content (AvgIpc) is 2.35. The summed E-state index contributed by atoms with van der Waals surface area (Å²) in [5.41, 5.74) is -0.909. The molecule has 1 rings (SSSR count). The molecule has 0 aliphatic rings. The van der Waals surface area contributed by atoms with Gasteiger partial charge in [-0.1, -0.05) is 23.4 Å². The number of amides is 1. The Bertz CT molecular complexity index is 483. The Hall–Kier alpha value is -0.890. The third kappa shape index (κ3) is 5.24. The van der Waals surface area contributed by atoms with Gasteiger partial charge in [0.1, 0.15) is 0 Å². The molecule has 0 radical (unpaired) electrons. The molecule has 8 heteroatoms. The van der Waals surface area contributed by atoms with Crippen LogP contribution in [0.2, 0.25) is 5.02 Å². The van der Waals surface area contributed by atoms with E-state index in [-0.39, 0.29) is 17.3 Å². The van der Waals surface area contributed by atoms with Gasteiger partial charge in [0, 0.05) is 13.1 Å². The number of aliphatic hydroxyl groups is 1. The van der Waals surface area contributed by atoms with Gasteiger partial charge >= 0.3 is 0 Å². The molecular weight excluding hydrogens is 300 g/mol. The highest BCUT2D eigenvalue weighted by Gasteiger charge is 2.23. The highest BCUT2D eigenvalue weighted by molar-refractivity contribution is 7.98. The van der Waals surface area contributed by atoms with Crippen molar-refractivity contribution in [3.63, 3.8) is 0 Å². The third-order valence-corrected chi connectivity index (χ3v) is 3.24. The molecule has 1 heterocycles. The molecule has 0 bridgehead atoms. The lowest BCUT2D eigenvalue weighted by atomic mass is 10.1. The molecular formula is C12H19ClN4O2S. The van der Waals surface area contributed by atoms with Crippen LogP contribution >= 0.6 is 23.4 Å². The van der Waals surface area contributed by atoms with Crippen molar-refractivity contribution in [2.75, 3.05) is 33.4 Å². The molecule has 0 spiro atoms. The maximum atomic E-state index is 12.0. The van der Waals surface area contributed by atoms with E-state index in [0.717, 1.165) is 0 Å². The van der Waals surface area contributed by atoms with Gasteiger partial charge in [-0.15, -0.1) is 0 Å². The molecule has 0 aliphatic heterocycles. The van der Waals surface area contributed by atoms with Gasteiger partial charge in [0.25, 0.3) is 5.91 Å². The van der Waals surface area contributed by atoms with E-state index in [1.807, 2.05) is 25.3 Å². The summed E-state index contributed by atoms with van der Waals surface area (Å²) < 4.78 is 0. The Morgan fingerprint density at radius 1 is 1.60 bits per heavy atom. The van der Waals surface area contributed by atoms with Crippen molar-refractivity contribution in [3.05, 3.63) is 16.9 Å². The molecule has 1 atom stereocenters. The van der Waals surface area contributed by atoms with Crippen molar-refractivity contribution in [1.82, 2.24) is 20.2 Å². The molecule has 2 N–H and O–H groups in total. The van der Waals surface area contributed by atoms with Gasteiger partial charge in [-0.2, -0.15) is 0 Å². The molecule has 1 aromatic heterocycles. The number of nitrogens with zero attached hydrogens (tertiary/aromatic N) is 3. The molecule has 0 aliphatic carbocycles. The van der Waals surface area contributed by atoms with E-state index in [1.54, 1.807) is 6.92 Å². The molecule has 0 saturated heterocycles. The van der Waals surface area contributed by atoms with Crippen molar-refractivity contribution in [2.24, 2.45) is 0 Å². The van der Waals surface area contributed by atoms with E-state index in [1.165, 1.54) is 18.0 Å². The molecule has 20 heavy (non-hydrogen) atoms. The molecule has 1 unspecified atom stereocenters. The minimum atomic E-state index is -1.03. The maximum Gasteiger partial charge on any atom is 0.271 e. The Morgan fingerprint density at radius 3 is 2.80 bits per heavy atom. The van der Waals surface area contributed by atoms with E-state index in [0.29, 0.717) is 11.7 Å². The van der Waals surface area contributed by atoms with Crippen LogP contribution in [0, 0.1) is 0 Å². The van der Waals surface area contributed by atoms with Crippen LogP contribution in [0.3, 0.4) is 0 Å². The number of hydrogen-bond donors (Lipinski definition) is 2. The van der Waals surface area contributed by atoms with Gasteiger partial charge in [0.2, 0.25) is 0 Å². The second-order valence-electron chi connectivity index (χ2n) is 4.97. The average molecular weight is 319 g/mol. The number of carbonyl (C=O) groups is 1. The summed E-state index contributed by atoms with van der Waals surface area (Å²) in [5.74, 6) is -0.424. The molecule has 6 nitrogen and oxygen atoms in total. The van der Waals surface area contributed by atoms with Crippen LogP contribution in [0.4, 0.5) is 0 Å². The Morgan fingerprint density at radius 2 is 2.25 bits per heavy atom. The highest BCUT2D eigenvalue weighted by Crippen LogP contribution is 2.16. The maximum absolute atomic E-state index is 12.0. The lowest BCUT2D eigenvalue weighted by molar-refractivity contribution is 0.0325. The first-order chi connectivity index (χ1) is 9.25. The summed E-state index contributed by atoms with van der Waals surface area (Å²) >= 11 is 7.24. The fourth-order valence-electron chi connectivity index (χ4n) is 1.70. The molecule has 0 fully saturated rings. The number of nitrogens with one attached hydrogen (secondary N) is 1. The Kier molecular flexibility index (Phi) is 6.19. The Balaban J connectivity index is 2.72.